The van der Waals surface area contributed by atoms with E-state index in [1.807, 2.05) is 30.3 Å². The van der Waals surface area contributed by atoms with Crippen molar-refractivity contribution in [1.29, 1.82) is 0 Å². The van der Waals surface area contributed by atoms with Crippen molar-refractivity contribution in [2.75, 3.05) is 60.0 Å². The largest absolute Gasteiger partial charge is 0.497 e. The van der Waals surface area contributed by atoms with Crippen molar-refractivity contribution >= 4 is 11.9 Å². The fraction of sp³-hybridized carbons (Fsp3) is 0.379. The van der Waals surface area contributed by atoms with E-state index in [0.29, 0.717) is 43.3 Å². The van der Waals surface area contributed by atoms with Gasteiger partial charge in [0.1, 0.15) is 24.8 Å². The third-order valence-corrected chi connectivity index (χ3v) is 5.29. The van der Waals surface area contributed by atoms with Crippen molar-refractivity contribution in [3.63, 3.8) is 0 Å². The van der Waals surface area contributed by atoms with Crippen LogP contribution in [0, 0.1) is 5.82 Å². The van der Waals surface area contributed by atoms with Gasteiger partial charge in [-0.25, -0.2) is 9.18 Å². The zero-order valence-electron chi connectivity index (χ0n) is 21.9. The minimum absolute atomic E-state index is 0.0877. The molecule has 0 aliphatic rings. The highest BCUT2D eigenvalue weighted by Gasteiger charge is 2.18. The molecule has 0 aliphatic heterocycles. The molecular weight excluding hydrogens is 495 g/mol. The van der Waals surface area contributed by atoms with E-state index < -0.39 is 17.9 Å². The Morgan fingerprint density at radius 2 is 1.42 bits per heavy atom. The molecule has 0 spiro atoms. The molecule has 1 atom stereocenters. The van der Waals surface area contributed by atoms with Crippen LogP contribution >= 0.6 is 0 Å². The topological polar surface area (TPSA) is 89.5 Å². The quantitative estimate of drug-likeness (QED) is 0.0919. The molecule has 9 heteroatoms. The summed E-state index contributed by atoms with van der Waals surface area (Å²) < 4.78 is 45.7. The van der Waals surface area contributed by atoms with Crippen LogP contribution in [0.2, 0.25) is 0 Å². The van der Waals surface area contributed by atoms with Crippen molar-refractivity contribution in [2.24, 2.45) is 0 Å². The SMILES string of the molecule is C=C(/C=C/C(=O)OCCOCCOCCOCCOC(=O)[C@H](C)c1ccc(-c2ccccc2)c(F)c1)OC. The maximum Gasteiger partial charge on any atom is 0.330 e. The standard InChI is InChI=1S/C29H35FO8/c1-22(33-3)9-12-28(31)37-19-17-35-15-13-34-14-16-36-18-20-38-29(32)23(2)25-10-11-26(27(30)21-25)24-7-5-4-6-8-24/h4-12,21,23H,1,13-20H2,2-3H3/b12-9+/t23-/m1/s1. The Morgan fingerprint density at radius 1 is 0.842 bits per heavy atom. The lowest BCUT2D eigenvalue weighted by Crippen LogP contribution is -2.17. The number of carbonyl (C=O) groups is 2. The van der Waals surface area contributed by atoms with Crippen LogP contribution in [0.3, 0.4) is 0 Å². The molecule has 8 nitrogen and oxygen atoms in total. The number of hydrogen-bond donors (Lipinski definition) is 0. The Morgan fingerprint density at radius 3 is 2.00 bits per heavy atom. The molecule has 0 radical (unpaired) electrons. The van der Waals surface area contributed by atoms with Crippen LogP contribution < -0.4 is 0 Å². The summed E-state index contributed by atoms with van der Waals surface area (Å²) in [7, 11) is 1.46. The number of carbonyl (C=O) groups excluding carboxylic acids is 2. The first kappa shape index (κ1) is 30.7. The van der Waals surface area contributed by atoms with Gasteiger partial charge in [0.2, 0.25) is 0 Å². The lowest BCUT2D eigenvalue weighted by molar-refractivity contribution is -0.146. The zero-order chi connectivity index (χ0) is 27.6. The summed E-state index contributed by atoms with van der Waals surface area (Å²) in [6.07, 6.45) is 2.64. The van der Waals surface area contributed by atoms with Crippen LogP contribution in [0.4, 0.5) is 4.39 Å². The number of benzene rings is 2. The highest BCUT2D eigenvalue weighted by molar-refractivity contribution is 5.82. The Labute approximate surface area is 222 Å². The summed E-state index contributed by atoms with van der Waals surface area (Å²) in [4.78, 5) is 23.7. The van der Waals surface area contributed by atoms with Crippen LogP contribution in [-0.2, 0) is 38.0 Å². The van der Waals surface area contributed by atoms with E-state index in [2.05, 4.69) is 6.58 Å². The molecule has 0 saturated carbocycles. The average molecular weight is 531 g/mol. The Hall–Kier alpha value is -3.53. The number of rotatable bonds is 18. The van der Waals surface area contributed by atoms with Gasteiger partial charge in [0.05, 0.1) is 52.7 Å². The average Bonchev–Trinajstić information content (AvgIpc) is 2.93. The summed E-state index contributed by atoms with van der Waals surface area (Å²) in [6, 6.07) is 14.0. The number of methoxy groups -OCH3 is 1. The van der Waals surface area contributed by atoms with Crippen LogP contribution in [0.5, 0.6) is 0 Å². The molecular formula is C29H35FO8. The molecule has 0 aromatic heterocycles. The van der Waals surface area contributed by atoms with Gasteiger partial charge in [-0.2, -0.15) is 0 Å². The first-order valence-corrected chi connectivity index (χ1v) is 12.2. The summed E-state index contributed by atoms with van der Waals surface area (Å²) in [6.45, 7) is 7.29. The summed E-state index contributed by atoms with van der Waals surface area (Å²) in [5.41, 5.74) is 1.81. The Kier molecular flexibility index (Phi) is 14.4. The monoisotopic (exact) mass is 530 g/mol. The predicted octanol–water partition coefficient (Wildman–Crippen LogP) is 4.45. The molecule has 0 bridgehead atoms. The van der Waals surface area contributed by atoms with Crippen molar-refractivity contribution in [1.82, 2.24) is 0 Å². The second-order valence-electron chi connectivity index (χ2n) is 8.00. The van der Waals surface area contributed by atoms with Gasteiger partial charge in [-0.05, 0) is 30.2 Å². The lowest BCUT2D eigenvalue weighted by atomic mass is 9.97. The predicted molar refractivity (Wildman–Crippen MR) is 140 cm³/mol. The Bertz CT molecular complexity index is 1040. The number of esters is 2. The van der Waals surface area contributed by atoms with E-state index >= 15 is 0 Å². The number of halogens is 1. The van der Waals surface area contributed by atoms with Crippen LogP contribution in [0.15, 0.2) is 73.0 Å². The Balaban J connectivity index is 1.48. The van der Waals surface area contributed by atoms with Gasteiger partial charge in [0.25, 0.3) is 0 Å². The minimum atomic E-state index is -0.603. The molecule has 0 N–H and O–H groups in total. The van der Waals surface area contributed by atoms with E-state index in [4.69, 9.17) is 28.4 Å². The minimum Gasteiger partial charge on any atom is -0.497 e. The zero-order valence-corrected chi connectivity index (χ0v) is 21.9. The van der Waals surface area contributed by atoms with Gasteiger partial charge in [0, 0.05) is 11.6 Å². The van der Waals surface area contributed by atoms with E-state index in [9.17, 15) is 14.0 Å². The van der Waals surface area contributed by atoms with Crippen LogP contribution in [0.1, 0.15) is 18.4 Å². The maximum atomic E-state index is 14.6. The van der Waals surface area contributed by atoms with Gasteiger partial charge in [-0.3, -0.25) is 4.79 Å². The van der Waals surface area contributed by atoms with Crippen molar-refractivity contribution < 1.29 is 42.4 Å². The molecule has 0 saturated heterocycles. The molecule has 0 amide bonds. The van der Waals surface area contributed by atoms with E-state index in [0.717, 1.165) is 5.56 Å². The molecule has 38 heavy (non-hydrogen) atoms. The van der Waals surface area contributed by atoms with Crippen LogP contribution in [0.25, 0.3) is 11.1 Å². The third-order valence-electron chi connectivity index (χ3n) is 5.29. The summed E-state index contributed by atoms with van der Waals surface area (Å²) >= 11 is 0. The van der Waals surface area contributed by atoms with Crippen molar-refractivity contribution in [3.05, 3.63) is 84.4 Å². The lowest BCUT2D eigenvalue weighted by Gasteiger charge is -2.13. The third kappa shape index (κ3) is 11.7. The highest BCUT2D eigenvalue weighted by Crippen LogP contribution is 2.26. The first-order chi connectivity index (χ1) is 18.4. The molecule has 0 aliphatic carbocycles. The summed E-state index contributed by atoms with van der Waals surface area (Å²) in [5.74, 6) is -1.59. The smallest absolute Gasteiger partial charge is 0.330 e. The van der Waals surface area contributed by atoms with Gasteiger partial charge in [0.15, 0.2) is 0 Å². The summed E-state index contributed by atoms with van der Waals surface area (Å²) in [5, 5.41) is 0. The second-order valence-corrected chi connectivity index (χ2v) is 8.00. The molecule has 0 unspecified atom stereocenters. The first-order valence-electron chi connectivity index (χ1n) is 12.2. The van der Waals surface area contributed by atoms with E-state index in [1.165, 1.54) is 25.3 Å². The van der Waals surface area contributed by atoms with Gasteiger partial charge < -0.3 is 28.4 Å². The molecule has 0 heterocycles. The molecule has 2 aromatic rings. The normalized spacial score (nSPS) is 11.8. The fourth-order valence-corrected chi connectivity index (χ4v) is 3.14. The fourth-order valence-electron chi connectivity index (χ4n) is 3.14. The van der Waals surface area contributed by atoms with Gasteiger partial charge >= 0.3 is 11.9 Å². The van der Waals surface area contributed by atoms with Crippen LogP contribution in [-0.4, -0.2) is 71.9 Å². The number of ether oxygens (including phenoxy) is 6. The number of allylic oxidation sites excluding steroid dienone is 1. The van der Waals surface area contributed by atoms with Crippen molar-refractivity contribution in [3.8, 4) is 11.1 Å². The molecule has 2 aromatic carbocycles. The van der Waals surface area contributed by atoms with Crippen molar-refractivity contribution in [2.45, 2.75) is 12.8 Å². The van der Waals surface area contributed by atoms with E-state index in [1.54, 1.807) is 19.1 Å². The second kappa shape index (κ2) is 17.8. The van der Waals surface area contributed by atoms with Gasteiger partial charge in [-0.1, -0.05) is 49.0 Å². The molecule has 0 fully saturated rings. The maximum absolute atomic E-state index is 14.6. The molecule has 2 rings (SSSR count). The van der Waals surface area contributed by atoms with E-state index in [-0.39, 0.29) is 32.2 Å². The highest BCUT2D eigenvalue weighted by atomic mass is 19.1. The van der Waals surface area contributed by atoms with Gasteiger partial charge in [-0.15, -0.1) is 0 Å². The molecule has 206 valence electrons. The number of hydrogen-bond acceptors (Lipinski definition) is 8.